The van der Waals surface area contributed by atoms with Crippen LogP contribution in [-0.2, 0) is 11.3 Å². The Bertz CT molecular complexity index is 1050. The molecule has 10 heteroatoms. The molecule has 0 spiro atoms. The zero-order chi connectivity index (χ0) is 22.3. The molecule has 2 amide bonds. The van der Waals surface area contributed by atoms with E-state index in [-0.39, 0.29) is 52.7 Å². The predicted octanol–water partition coefficient (Wildman–Crippen LogP) is 3.50. The highest BCUT2D eigenvalue weighted by Crippen LogP contribution is 2.58. The third-order valence-corrected chi connectivity index (χ3v) is 5.69. The standard InChI is InChI=1S/C21H20ClF2N3O4/c1-2-19(29)27-9-11(10-27)26-20(30)18-4-3-12(31-18)8-25-16-5-13(14-7-21(14,23)24)15(22)6-17(16)28/h2-6,11,14,25,28H,1,7-10H2,(H,26,30). The van der Waals surface area contributed by atoms with Crippen molar-refractivity contribution in [3.63, 3.8) is 0 Å². The molecule has 1 aromatic heterocycles. The average Bonchev–Trinajstić information content (AvgIpc) is 3.10. The van der Waals surface area contributed by atoms with Crippen LogP contribution in [0.5, 0.6) is 5.75 Å². The summed E-state index contributed by atoms with van der Waals surface area (Å²) in [6.07, 6.45) is 0.954. The Hall–Kier alpha value is -3.07. The molecule has 0 bridgehead atoms. The molecule has 0 radical (unpaired) electrons. The fraction of sp³-hybridized carbons (Fsp3) is 0.333. The van der Waals surface area contributed by atoms with Crippen LogP contribution in [-0.4, -0.2) is 46.9 Å². The van der Waals surface area contributed by atoms with Crippen LogP contribution in [0, 0.1) is 0 Å². The number of rotatable bonds is 7. The molecule has 4 rings (SSSR count). The largest absolute Gasteiger partial charge is 0.506 e. The molecule has 1 unspecified atom stereocenters. The van der Waals surface area contributed by atoms with Gasteiger partial charge in [-0.15, -0.1) is 0 Å². The number of phenolic OH excluding ortho intramolecular Hbond substituents is 1. The fourth-order valence-electron chi connectivity index (χ4n) is 3.45. The van der Waals surface area contributed by atoms with Crippen molar-refractivity contribution in [2.75, 3.05) is 18.4 Å². The number of amides is 2. The second-order valence-electron chi connectivity index (χ2n) is 7.65. The van der Waals surface area contributed by atoms with E-state index in [1.54, 1.807) is 11.0 Å². The zero-order valence-electron chi connectivity index (χ0n) is 16.3. The van der Waals surface area contributed by atoms with E-state index in [4.69, 9.17) is 16.0 Å². The summed E-state index contributed by atoms with van der Waals surface area (Å²) in [7, 11) is 0. The van der Waals surface area contributed by atoms with Gasteiger partial charge in [0, 0.05) is 30.6 Å². The summed E-state index contributed by atoms with van der Waals surface area (Å²) in [5.74, 6) is -3.99. The Morgan fingerprint density at radius 3 is 2.71 bits per heavy atom. The van der Waals surface area contributed by atoms with Crippen LogP contribution in [0.2, 0.25) is 5.02 Å². The molecule has 1 aliphatic heterocycles. The Labute approximate surface area is 181 Å². The van der Waals surface area contributed by atoms with Crippen LogP contribution in [0.1, 0.15) is 34.2 Å². The van der Waals surface area contributed by atoms with Crippen molar-refractivity contribution in [3.8, 4) is 5.75 Å². The second kappa shape index (κ2) is 7.88. The van der Waals surface area contributed by atoms with Gasteiger partial charge in [-0.3, -0.25) is 9.59 Å². The molecular formula is C21H20ClF2N3O4. The summed E-state index contributed by atoms with van der Waals surface area (Å²) in [4.78, 5) is 25.3. The average molecular weight is 452 g/mol. The number of carbonyl (C=O) groups excluding carboxylic acids is 2. The van der Waals surface area contributed by atoms with Crippen molar-refractivity contribution < 1.29 is 27.9 Å². The van der Waals surface area contributed by atoms with Crippen LogP contribution in [0.15, 0.2) is 41.3 Å². The van der Waals surface area contributed by atoms with E-state index < -0.39 is 17.7 Å². The molecular weight excluding hydrogens is 432 g/mol. The van der Waals surface area contributed by atoms with E-state index in [9.17, 15) is 23.5 Å². The number of halogens is 3. The van der Waals surface area contributed by atoms with Gasteiger partial charge in [0.2, 0.25) is 5.91 Å². The first-order chi connectivity index (χ1) is 14.7. The van der Waals surface area contributed by atoms with Crippen LogP contribution in [0.25, 0.3) is 0 Å². The molecule has 1 atom stereocenters. The number of benzene rings is 1. The maximum atomic E-state index is 13.4. The number of nitrogens with zero attached hydrogens (tertiary/aromatic N) is 1. The molecule has 1 saturated carbocycles. The van der Waals surface area contributed by atoms with E-state index >= 15 is 0 Å². The maximum Gasteiger partial charge on any atom is 0.287 e. The van der Waals surface area contributed by atoms with E-state index in [1.165, 1.54) is 24.3 Å². The lowest BCUT2D eigenvalue weighted by Crippen LogP contribution is -2.60. The van der Waals surface area contributed by atoms with Gasteiger partial charge in [0.25, 0.3) is 11.8 Å². The Balaban J connectivity index is 1.34. The van der Waals surface area contributed by atoms with Crippen LogP contribution < -0.4 is 10.6 Å². The number of anilines is 1. The van der Waals surface area contributed by atoms with Crippen molar-refractivity contribution in [1.29, 1.82) is 0 Å². The summed E-state index contributed by atoms with van der Waals surface area (Å²) in [5, 5.41) is 15.8. The quantitative estimate of drug-likeness (QED) is 0.442. The maximum absolute atomic E-state index is 13.4. The number of furan rings is 1. The molecule has 2 fully saturated rings. The molecule has 7 nitrogen and oxygen atoms in total. The first-order valence-electron chi connectivity index (χ1n) is 9.63. The molecule has 1 saturated heterocycles. The highest BCUT2D eigenvalue weighted by molar-refractivity contribution is 6.31. The minimum atomic E-state index is -2.78. The number of alkyl halides is 2. The number of nitrogens with one attached hydrogen (secondary N) is 2. The van der Waals surface area contributed by atoms with E-state index in [0.717, 1.165) is 0 Å². The van der Waals surface area contributed by atoms with E-state index in [1.807, 2.05) is 0 Å². The topological polar surface area (TPSA) is 94.8 Å². The van der Waals surface area contributed by atoms with Crippen LogP contribution >= 0.6 is 11.6 Å². The van der Waals surface area contributed by atoms with Gasteiger partial charge in [0.05, 0.1) is 24.2 Å². The second-order valence-corrected chi connectivity index (χ2v) is 8.05. The highest BCUT2D eigenvalue weighted by Gasteiger charge is 2.58. The first kappa shape index (κ1) is 21.2. The Morgan fingerprint density at radius 2 is 2.06 bits per heavy atom. The monoisotopic (exact) mass is 451 g/mol. The SMILES string of the molecule is C=CC(=O)N1CC(NC(=O)c2ccc(CNc3cc(C4CC4(F)F)c(Cl)cc3O)o2)C1. The van der Waals surface area contributed by atoms with Gasteiger partial charge in [0.1, 0.15) is 11.5 Å². The van der Waals surface area contributed by atoms with Crippen molar-refractivity contribution in [3.05, 3.63) is 59.0 Å². The number of carbonyl (C=O) groups is 2. The fourth-order valence-corrected chi connectivity index (χ4v) is 3.74. The smallest absolute Gasteiger partial charge is 0.287 e. The summed E-state index contributed by atoms with van der Waals surface area (Å²) in [5.41, 5.74) is 0.516. The van der Waals surface area contributed by atoms with Crippen LogP contribution in [0.3, 0.4) is 0 Å². The minimum Gasteiger partial charge on any atom is -0.506 e. The highest BCUT2D eigenvalue weighted by atomic mass is 35.5. The van der Waals surface area contributed by atoms with Crippen LogP contribution in [0.4, 0.5) is 14.5 Å². The lowest BCUT2D eigenvalue weighted by molar-refractivity contribution is -0.130. The van der Waals surface area contributed by atoms with Gasteiger partial charge in [-0.2, -0.15) is 0 Å². The van der Waals surface area contributed by atoms with Gasteiger partial charge in [-0.05, 0) is 29.8 Å². The predicted molar refractivity (Wildman–Crippen MR) is 109 cm³/mol. The van der Waals surface area contributed by atoms with Crippen molar-refractivity contribution in [2.24, 2.45) is 0 Å². The number of phenols is 1. The van der Waals surface area contributed by atoms with E-state index in [0.29, 0.717) is 18.8 Å². The normalized spacial score (nSPS) is 19.5. The molecule has 164 valence electrons. The first-order valence-corrected chi connectivity index (χ1v) is 10.0. The third kappa shape index (κ3) is 4.36. The van der Waals surface area contributed by atoms with Crippen molar-refractivity contribution >= 4 is 29.1 Å². The van der Waals surface area contributed by atoms with Gasteiger partial charge >= 0.3 is 0 Å². The van der Waals surface area contributed by atoms with Crippen molar-refractivity contribution in [1.82, 2.24) is 10.2 Å². The lowest BCUT2D eigenvalue weighted by atomic mass is 10.1. The minimum absolute atomic E-state index is 0.0894. The number of aromatic hydroxyl groups is 1. The zero-order valence-corrected chi connectivity index (χ0v) is 17.1. The Kier molecular flexibility index (Phi) is 5.38. The van der Waals surface area contributed by atoms with Gasteiger partial charge in [0.15, 0.2) is 5.76 Å². The number of likely N-dealkylation sites (tertiary alicyclic amines) is 1. The molecule has 3 N–H and O–H groups in total. The van der Waals surface area contributed by atoms with Gasteiger partial charge in [-0.25, -0.2) is 8.78 Å². The van der Waals surface area contributed by atoms with Gasteiger partial charge < -0.3 is 25.1 Å². The molecule has 1 aromatic carbocycles. The summed E-state index contributed by atoms with van der Waals surface area (Å²) in [6.45, 7) is 4.35. The molecule has 2 aromatic rings. The summed E-state index contributed by atoms with van der Waals surface area (Å²) in [6, 6.07) is 5.59. The van der Waals surface area contributed by atoms with Gasteiger partial charge in [-0.1, -0.05) is 18.2 Å². The van der Waals surface area contributed by atoms with E-state index in [2.05, 4.69) is 17.2 Å². The molecule has 31 heavy (non-hydrogen) atoms. The molecule has 2 aliphatic rings. The third-order valence-electron chi connectivity index (χ3n) is 5.36. The lowest BCUT2D eigenvalue weighted by Gasteiger charge is -2.38. The Morgan fingerprint density at radius 1 is 1.35 bits per heavy atom. The summed E-state index contributed by atoms with van der Waals surface area (Å²) < 4.78 is 32.3. The number of hydrogen-bond acceptors (Lipinski definition) is 5. The summed E-state index contributed by atoms with van der Waals surface area (Å²) >= 11 is 6.00. The molecule has 1 aliphatic carbocycles. The molecule has 2 heterocycles. The van der Waals surface area contributed by atoms with Crippen molar-refractivity contribution in [2.45, 2.75) is 30.8 Å². The number of hydrogen-bond donors (Lipinski definition) is 3.